The van der Waals surface area contributed by atoms with E-state index in [1.807, 2.05) is 25.1 Å². The van der Waals surface area contributed by atoms with Gasteiger partial charge in [0.25, 0.3) is 10.0 Å². The van der Waals surface area contributed by atoms with Gasteiger partial charge in [-0.1, -0.05) is 68.1 Å². The number of nitrogens with zero attached hydrogens (tertiary/aromatic N) is 2. The molecular weight excluding hydrogens is 586 g/mol. The van der Waals surface area contributed by atoms with E-state index in [0.717, 1.165) is 42.0 Å². The average Bonchev–Trinajstić information content (AvgIpc) is 3.01. The number of sulfonamides is 1. The van der Waals surface area contributed by atoms with Crippen LogP contribution in [0.25, 0.3) is 0 Å². The average molecular weight is 626 g/mol. The summed E-state index contributed by atoms with van der Waals surface area (Å²) in [6.07, 6.45) is 5.44. The minimum atomic E-state index is -4.15. The van der Waals surface area contributed by atoms with Crippen molar-refractivity contribution in [3.05, 3.63) is 88.9 Å². The Morgan fingerprint density at radius 3 is 2.37 bits per heavy atom. The zero-order valence-corrected chi connectivity index (χ0v) is 26.5. The third-order valence-electron chi connectivity index (χ3n) is 7.86. The van der Waals surface area contributed by atoms with Crippen LogP contribution in [0.15, 0.2) is 77.7 Å². The second-order valence-electron chi connectivity index (χ2n) is 10.9. The molecule has 0 radical (unpaired) electrons. The van der Waals surface area contributed by atoms with Gasteiger partial charge in [-0.25, -0.2) is 8.42 Å². The van der Waals surface area contributed by atoms with E-state index in [1.165, 1.54) is 17.0 Å². The van der Waals surface area contributed by atoms with E-state index < -0.39 is 28.5 Å². The van der Waals surface area contributed by atoms with E-state index in [4.69, 9.17) is 16.3 Å². The van der Waals surface area contributed by atoms with Crippen LogP contribution in [0.3, 0.4) is 0 Å². The van der Waals surface area contributed by atoms with Crippen molar-refractivity contribution in [2.75, 3.05) is 18.0 Å². The van der Waals surface area contributed by atoms with Gasteiger partial charge in [-0.15, -0.1) is 0 Å². The highest BCUT2D eigenvalue weighted by atomic mass is 35.5. The van der Waals surface area contributed by atoms with Crippen LogP contribution in [0, 0.1) is 6.92 Å². The lowest BCUT2D eigenvalue weighted by Gasteiger charge is -2.34. The number of rotatable bonds is 12. The number of halogens is 1. The predicted octanol–water partition coefficient (Wildman–Crippen LogP) is 6.11. The molecule has 8 nitrogen and oxygen atoms in total. The van der Waals surface area contributed by atoms with Gasteiger partial charge in [0.2, 0.25) is 11.8 Å². The first-order valence-corrected chi connectivity index (χ1v) is 16.5. The van der Waals surface area contributed by atoms with Gasteiger partial charge in [0.1, 0.15) is 18.3 Å². The molecule has 1 fully saturated rings. The summed E-state index contributed by atoms with van der Waals surface area (Å²) < 4.78 is 34.6. The lowest BCUT2D eigenvalue weighted by molar-refractivity contribution is -0.140. The molecule has 0 aromatic heterocycles. The zero-order valence-electron chi connectivity index (χ0n) is 25.0. The molecule has 2 amide bonds. The molecule has 3 aromatic carbocycles. The van der Waals surface area contributed by atoms with Crippen LogP contribution in [0.4, 0.5) is 5.69 Å². The van der Waals surface area contributed by atoms with E-state index in [1.54, 1.807) is 56.5 Å². The van der Waals surface area contributed by atoms with Gasteiger partial charge in [-0.05, 0) is 79.8 Å². The largest absolute Gasteiger partial charge is 0.497 e. The number of amides is 2. The molecule has 1 N–H and O–H groups in total. The fourth-order valence-corrected chi connectivity index (χ4v) is 7.29. The standard InChI is InChI=1S/C33H40ClN3O5S/c1-4-30(33(39)35-27-13-7-5-8-14-27)36(22-25-12-11-15-28(21-25)42-3)32(38)23-37(31-19-18-26(34)20-24(31)2)43(40,41)29-16-9-6-10-17-29/h6,9-12,15-21,27,30H,4-5,7-8,13-14,22-23H2,1-3H3,(H,35,39). The molecule has 230 valence electrons. The summed E-state index contributed by atoms with van der Waals surface area (Å²) in [5, 5.41) is 3.62. The van der Waals surface area contributed by atoms with Crippen molar-refractivity contribution in [1.29, 1.82) is 0 Å². The third kappa shape index (κ3) is 8.09. The van der Waals surface area contributed by atoms with Crippen LogP contribution in [0.2, 0.25) is 5.02 Å². The van der Waals surface area contributed by atoms with Crippen molar-refractivity contribution in [2.45, 2.75) is 75.9 Å². The van der Waals surface area contributed by atoms with Crippen molar-refractivity contribution in [1.82, 2.24) is 10.2 Å². The summed E-state index contributed by atoms with van der Waals surface area (Å²) in [4.78, 5) is 29.6. The first-order chi connectivity index (χ1) is 20.6. The molecule has 4 rings (SSSR count). The number of hydrogen-bond donors (Lipinski definition) is 1. The maximum atomic E-state index is 14.3. The lowest BCUT2D eigenvalue weighted by atomic mass is 9.95. The second kappa shape index (κ2) is 14.8. The highest BCUT2D eigenvalue weighted by Gasteiger charge is 2.35. The molecule has 1 unspecified atom stereocenters. The summed E-state index contributed by atoms with van der Waals surface area (Å²) in [5.74, 6) is -0.109. The van der Waals surface area contributed by atoms with Gasteiger partial charge < -0.3 is 15.0 Å². The Balaban J connectivity index is 1.73. The molecule has 10 heteroatoms. The molecule has 1 saturated carbocycles. The number of carbonyl (C=O) groups is 2. The van der Waals surface area contributed by atoms with Gasteiger partial charge in [0.05, 0.1) is 17.7 Å². The van der Waals surface area contributed by atoms with Crippen molar-refractivity contribution < 1.29 is 22.7 Å². The summed E-state index contributed by atoms with van der Waals surface area (Å²) in [6, 6.07) is 19.4. The Kier molecular flexibility index (Phi) is 11.1. The lowest BCUT2D eigenvalue weighted by Crippen LogP contribution is -2.54. The van der Waals surface area contributed by atoms with Gasteiger partial charge in [-0.2, -0.15) is 0 Å². The van der Waals surface area contributed by atoms with E-state index in [9.17, 15) is 18.0 Å². The van der Waals surface area contributed by atoms with Crippen LogP contribution >= 0.6 is 11.6 Å². The van der Waals surface area contributed by atoms with Crippen LogP contribution in [0.5, 0.6) is 5.75 Å². The Morgan fingerprint density at radius 1 is 1.00 bits per heavy atom. The highest BCUT2D eigenvalue weighted by Crippen LogP contribution is 2.30. The van der Waals surface area contributed by atoms with Crippen molar-refractivity contribution in [2.24, 2.45) is 0 Å². The van der Waals surface area contributed by atoms with Gasteiger partial charge in [-0.3, -0.25) is 13.9 Å². The molecule has 3 aromatic rings. The molecule has 0 heterocycles. The summed E-state index contributed by atoms with van der Waals surface area (Å²) >= 11 is 6.20. The number of hydrogen-bond acceptors (Lipinski definition) is 5. The van der Waals surface area contributed by atoms with E-state index in [0.29, 0.717) is 28.4 Å². The van der Waals surface area contributed by atoms with E-state index >= 15 is 0 Å². The second-order valence-corrected chi connectivity index (χ2v) is 13.2. The molecule has 0 aliphatic heterocycles. The predicted molar refractivity (Wildman–Crippen MR) is 170 cm³/mol. The maximum absolute atomic E-state index is 14.3. The van der Waals surface area contributed by atoms with E-state index in [-0.39, 0.29) is 23.4 Å². The highest BCUT2D eigenvalue weighted by molar-refractivity contribution is 7.92. The number of methoxy groups -OCH3 is 1. The normalized spacial score (nSPS) is 14.5. The molecule has 0 spiro atoms. The molecular formula is C33H40ClN3O5S. The van der Waals surface area contributed by atoms with Crippen LogP contribution in [0.1, 0.15) is 56.6 Å². The van der Waals surface area contributed by atoms with Gasteiger partial charge in [0.15, 0.2) is 0 Å². The maximum Gasteiger partial charge on any atom is 0.264 e. The summed E-state index contributed by atoms with van der Waals surface area (Å²) in [5.41, 5.74) is 1.70. The number of aryl methyl sites for hydroxylation is 1. The van der Waals surface area contributed by atoms with E-state index in [2.05, 4.69) is 5.32 Å². The van der Waals surface area contributed by atoms with Crippen molar-refractivity contribution >= 4 is 39.1 Å². The molecule has 0 saturated heterocycles. The molecule has 1 atom stereocenters. The Morgan fingerprint density at radius 2 is 1.72 bits per heavy atom. The summed E-state index contributed by atoms with van der Waals surface area (Å²) in [7, 11) is -2.59. The smallest absolute Gasteiger partial charge is 0.264 e. The number of anilines is 1. The molecule has 0 bridgehead atoms. The fourth-order valence-electron chi connectivity index (χ4n) is 5.56. The first kappa shape index (κ1) is 32.4. The molecule has 1 aliphatic carbocycles. The van der Waals surface area contributed by atoms with Gasteiger partial charge >= 0.3 is 0 Å². The Hall–Kier alpha value is -3.56. The van der Waals surface area contributed by atoms with Crippen LogP contribution < -0.4 is 14.4 Å². The number of carbonyl (C=O) groups excluding carboxylic acids is 2. The summed E-state index contributed by atoms with van der Waals surface area (Å²) in [6.45, 7) is 3.21. The molecule has 1 aliphatic rings. The number of ether oxygens (including phenoxy) is 1. The number of nitrogens with one attached hydrogen (secondary N) is 1. The number of benzene rings is 3. The SMILES string of the molecule is CCC(C(=O)NC1CCCCC1)N(Cc1cccc(OC)c1)C(=O)CN(c1ccc(Cl)cc1C)S(=O)(=O)c1ccccc1. The topological polar surface area (TPSA) is 96.0 Å². The minimum absolute atomic E-state index is 0.0542. The van der Waals surface area contributed by atoms with Crippen molar-refractivity contribution in [3.63, 3.8) is 0 Å². The van der Waals surface area contributed by atoms with Crippen LogP contribution in [-0.2, 0) is 26.2 Å². The fraction of sp³-hybridized carbons (Fsp3) is 0.394. The third-order valence-corrected chi connectivity index (χ3v) is 9.87. The monoisotopic (exact) mass is 625 g/mol. The Labute approximate surface area is 260 Å². The Bertz CT molecular complexity index is 1510. The molecule has 43 heavy (non-hydrogen) atoms. The van der Waals surface area contributed by atoms with Crippen LogP contribution in [-0.4, -0.2) is 50.9 Å². The van der Waals surface area contributed by atoms with Gasteiger partial charge in [0, 0.05) is 17.6 Å². The minimum Gasteiger partial charge on any atom is -0.497 e. The van der Waals surface area contributed by atoms with Crippen molar-refractivity contribution in [3.8, 4) is 5.75 Å². The first-order valence-electron chi connectivity index (χ1n) is 14.7. The quantitative estimate of drug-likeness (QED) is 0.262. The zero-order chi connectivity index (χ0) is 31.0.